The summed E-state index contributed by atoms with van der Waals surface area (Å²) in [5.74, 6) is 0. The van der Waals surface area contributed by atoms with E-state index in [4.69, 9.17) is 0 Å². The molecule has 1 aliphatic rings. The second-order valence-corrected chi connectivity index (χ2v) is 3.61. The lowest BCUT2D eigenvalue weighted by Crippen LogP contribution is -2.13. The summed E-state index contributed by atoms with van der Waals surface area (Å²) >= 11 is 4.36. The van der Waals surface area contributed by atoms with E-state index in [0.717, 1.165) is 5.70 Å². The molecule has 0 saturated heterocycles. The Bertz CT molecular complexity index is 211. The lowest BCUT2D eigenvalue weighted by atomic mass is 10.2. The minimum Gasteiger partial charge on any atom is -0.264 e. The topological polar surface area (TPSA) is 12.4 Å². The van der Waals surface area contributed by atoms with Crippen LogP contribution >= 0.6 is 12.6 Å². The van der Waals surface area contributed by atoms with Crippen LogP contribution in [0.15, 0.2) is 28.9 Å². The molecule has 0 aromatic heterocycles. The quantitative estimate of drug-likeness (QED) is 0.512. The van der Waals surface area contributed by atoms with Crippen LogP contribution < -0.4 is 0 Å². The number of hydrogen-bond acceptors (Lipinski definition) is 2. The molecule has 0 fully saturated rings. The van der Waals surface area contributed by atoms with Gasteiger partial charge in [0.2, 0.25) is 0 Å². The summed E-state index contributed by atoms with van der Waals surface area (Å²) in [5, 5.41) is 0. The first-order valence-electron chi connectivity index (χ1n) is 3.24. The van der Waals surface area contributed by atoms with Crippen molar-refractivity contribution in [1.29, 1.82) is 0 Å². The van der Waals surface area contributed by atoms with E-state index in [-0.39, 0.29) is 4.75 Å². The summed E-state index contributed by atoms with van der Waals surface area (Å²) in [6, 6.07) is 0. The van der Waals surface area contributed by atoms with Gasteiger partial charge in [0.25, 0.3) is 0 Å². The normalized spacial score (nSPS) is 31.7. The van der Waals surface area contributed by atoms with Gasteiger partial charge in [0.15, 0.2) is 0 Å². The van der Waals surface area contributed by atoms with Crippen LogP contribution in [-0.4, -0.2) is 11.0 Å². The van der Waals surface area contributed by atoms with Crippen molar-refractivity contribution in [2.75, 3.05) is 0 Å². The number of thiol groups is 1. The molecule has 1 heterocycles. The van der Waals surface area contributed by atoms with E-state index in [1.54, 1.807) is 0 Å². The largest absolute Gasteiger partial charge is 0.264 e. The molecule has 0 spiro atoms. The van der Waals surface area contributed by atoms with Crippen molar-refractivity contribution in [3.63, 3.8) is 0 Å². The van der Waals surface area contributed by atoms with Crippen molar-refractivity contribution in [3.8, 4) is 0 Å². The van der Waals surface area contributed by atoms with E-state index in [9.17, 15) is 0 Å². The molecule has 2 heteroatoms. The monoisotopic (exact) mass is 153 g/mol. The van der Waals surface area contributed by atoms with Crippen LogP contribution in [-0.2, 0) is 0 Å². The highest BCUT2D eigenvalue weighted by Crippen LogP contribution is 2.15. The highest BCUT2D eigenvalue weighted by atomic mass is 32.1. The smallest absolute Gasteiger partial charge is 0.0635 e. The lowest BCUT2D eigenvalue weighted by molar-refractivity contribution is 1.10. The highest BCUT2D eigenvalue weighted by molar-refractivity contribution is 7.82. The molecule has 0 bridgehead atoms. The van der Waals surface area contributed by atoms with Crippen molar-refractivity contribution in [2.45, 2.75) is 18.6 Å². The minimum atomic E-state index is -0.186. The summed E-state index contributed by atoms with van der Waals surface area (Å²) < 4.78 is -0.186. The Balaban J connectivity index is 2.88. The van der Waals surface area contributed by atoms with Crippen LogP contribution in [0.4, 0.5) is 0 Å². The van der Waals surface area contributed by atoms with Gasteiger partial charge in [0.1, 0.15) is 0 Å². The maximum atomic E-state index is 4.36. The van der Waals surface area contributed by atoms with Crippen LogP contribution in [0.5, 0.6) is 0 Å². The molecule has 1 nitrogen and oxygen atoms in total. The molecule has 0 amide bonds. The molecular formula is C8H11NS. The third-order valence-electron chi connectivity index (χ3n) is 1.30. The molecular weight excluding hydrogens is 142 g/mol. The number of allylic oxidation sites excluding steroid dienone is 3. The van der Waals surface area contributed by atoms with Gasteiger partial charge in [-0.05, 0) is 19.9 Å². The number of aliphatic imine (C=N–C) groups is 1. The average Bonchev–Trinajstić information content (AvgIpc) is 1.94. The minimum absolute atomic E-state index is 0.186. The summed E-state index contributed by atoms with van der Waals surface area (Å²) in [6.07, 6.45) is 7.80. The van der Waals surface area contributed by atoms with E-state index in [2.05, 4.69) is 17.6 Å². The summed E-state index contributed by atoms with van der Waals surface area (Å²) in [6.45, 7) is 3.97. The maximum absolute atomic E-state index is 4.36. The van der Waals surface area contributed by atoms with Crippen molar-refractivity contribution >= 4 is 18.8 Å². The molecule has 0 aliphatic carbocycles. The van der Waals surface area contributed by atoms with Gasteiger partial charge in [-0.1, -0.05) is 12.2 Å². The third kappa shape index (κ3) is 2.03. The van der Waals surface area contributed by atoms with Crippen LogP contribution in [0.25, 0.3) is 0 Å². The first-order chi connectivity index (χ1) is 4.60. The van der Waals surface area contributed by atoms with Gasteiger partial charge in [0, 0.05) is 11.9 Å². The van der Waals surface area contributed by atoms with Gasteiger partial charge in [-0.15, -0.1) is 0 Å². The van der Waals surface area contributed by atoms with E-state index in [1.165, 1.54) is 0 Å². The fraction of sp³-hybridized carbons (Fsp3) is 0.375. The fourth-order valence-corrected chi connectivity index (χ4v) is 0.845. The summed E-state index contributed by atoms with van der Waals surface area (Å²) in [5.41, 5.74) is 1.02. The Labute approximate surface area is 67.0 Å². The van der Waals surface area contributed by atoms with Gasteiger partial charge in [-0.3, -0.25) is 4.99 Å². The maximum Gasteiger partial charge on any atom is 0.0635 e. The Kier molecular flexibility index (Phi) is 2.00. The van der Waals surface area contributed by atoms with Crippen LogP contribution in [0.1, 0.15) is 13.8 Å². The Hall–Kier alpha value is -0.500. The van der Waals surface area contributed by atoms with Crippen LogP contribution in [0, 0.1) is 0 Å². The molecule has 0 N–H and O–H groups in total. The average molecular weight is 153 g/mol. The van der Waals surface area contributed by atoms with Crippen LogP contribution in [0.3, 0.4) is 0 Å². The zero-order valence-electron chi connectivity index (χ0n) is 6.20. The van der Waals surface area contributed by atoms with E-state index < -0.39 is 0 Å². The SMILES string of the molecule is CC1=CC=CC(C)(S)C=N1. The van der Waals surface area contributed by atoms with Crippen LogP contribution in [0.2, 0.25) is 0 Å². The van der Waals surface area contributed by atoms with E-state index >= 15 is 0 Å². The Morgan fingerprint density at radius 3 is 3.00 bits per heavy atom. The molecule has 10 heavy (non-hydrogen) atoms. The summed E-state index contributed by atoms with van der Waals surface area (Å²) in [4.78, 5) is 4.17. The lowest BCUT2D eigenvalue weighted by Gasteiger charge is -2.09. The van der Waals surface area contributed by atoms with E-state index in [0.29, 0.717) is 0 Å². The summed E-state index contributed by atoms with van der Waals surface area (Å²) in [7, 11) is 0. The molecule has 0 aromatic carbocycles. The second kappa shape index (κ2) is 2.62. The first-order valence-corrected chi connectivity index (χ1v) is 3.69. The predicted octanol–water partition coefficient (Wildman–Crippen LogP) is 2.22. The van der Waals surface area contributed by atoms with Crippen molar-refractivity contribution < 1.29 is 0 Å². The molecule has 1 atom stereocenters. The van der Waals surface area contributed by atoms with Gasteiger partial charge < -0.3 is 0 Å². The Morgan fingerprint density at radius 2 is 2.30 bits per heavy atom. The number of nitrogens with zero attached hydrogens (tertiary/aromatic N) is 1. The van der Waals surface area contributed by atoms with Gasteiger partial charge in [0.05, 0.1) is 4.75 Å². The van der Waals surface area contributed by atoms with Crippen molar-refractivity contribution in [2.24, 2.45) is 4.99 Å². The zero-order chi connectivity index (χ0) is 7.61. The van der Waals surface area contributed by atoms with Gasteiger partial charge in [-0.2, -0.15) is 12.6 Å². The number of hydrogen-bond donors (Lipinski definition) is 1. The fourth-order valence-electron chi connectivity index (χ4n) is 0.701. The molecule has 0 aromatic rings. The molecule has 0 radical (unpaired) electrons. The molecule has 1 aliphatic heterocycles. The van der Waals surface area contributed by atoms with Crippen molar-refractivity contribution in [1.82, 2.24) is 0 Å². The number of rotatable bonds is 0. The zero-order valence-corrected chi connectivity index (χ0v) is 7.10. The standard InChI is InChI=1S/C8H11NS/c1-7-4-3-5-8(2,10)6-9-7/h3-6,10H,1-2H3. The third-order valence-corrected chi connectivity index (χ3v) is 1.57. The van der Waals surface area contributed by atoms with Gasteiger partial charge >= 0.3 is 0 Å². The molecule has 54 valence electrons. The molecule has 1 rings (SSSR count). The van der Waals surface area contributed by atoms with E-state index in [1.807, 2.05) is 38.3 Å². The Morgan fingerprint density at radius 1 is 1.60 bits per heavy atom. The van der Waals surface area contributed by atoms with Crippen molar-refractivity contribution in [3.05, 3.63) is 23.9 Å². The highest BCUT2D eigenvalue weighted by Gasteiger charge is 2.11. The first kappa shape index (κ1) is 7.61. The molecule has 0 saturated carbocycles. The molecule has 1 unspecified atom stereocenters. The van der Waals surface area contributed by atoms with Gasteiger partial charge in [-0.25, -0.2) is 0 Å². The predicted molar refractivity (Wildman–Crippen MR) is 48.8 cm³/mol. The second-order valence-electron chi connectivity index (χ2n) is 2.65.